The Bertz CT molecular complexity index is 896. The van der Waals surface area contributed by atoms with Crippen molar-refractivity contribution in [3.8, 4) is 5.75 Å². The van der Waals surface area contributed by atoms with Crippen molar-refractivity contribution in [1.29, 1.82) is 0 Å². The molecule has 0 atom stereocenters. The van der Waals surface area contributed by atoms with Crippen molar-refractivity contribution < 1.29 is 19.1 Å². The van der Waals surface area contributed by atoms with Gasteiger partial charge in [0.15, 0.2) is 5.78 Å². The predicted octanol–water partition coefficient (Wildman–Crippen LogP) is 2.68. The quantitative estimate of drug-likeness (QED) is 0.453. The molecule has 7 heteroatoms. The molecule has 1 aromatic carbocycles. The monoisotopic (exact) mass is 427 g/mol. The van der Waals surface area contributed by atoms with Crippen LogP contribution in [0.4, 0.5) is 0 Å². The maximum atomic E-state index is 13.0. The van der Waals surface area contributed by atoms with Crippen LogP contribution in [0.3, 0.4) is 0 Å². The molecule has 1 aliphatic heterocycles. The number of ketones is 1. The van der Waals surface area contributed by atoms with Gasteiger partial charge < -0.3 is 14.0 Å². The second-order valence-corrected chi connectivity index (χ2v) is 8.09. The van der Waals surface area contributed by atoms with E-state index in [9.17, 15) is 9.59 Å². The molecule has 0 unspecified atom stereocenters. The minimum Gasteiger partial charge on any atom is -0.497 e. The van der Waals surface area contributed by atoms with Crippen molar-refractivity contribution in [2.75, 3.05) is 46.9 Å². The Morgan fingerprint density at radius 2 is 1.61 bits per heavy atom. The molecule has 0 aliphatic carbocycles. The van der Waals surface area contributed by atoms with Crippen LogP contribution >= 0.6 is 0 Å². The summed E-state index contributed by atoms with van der Waals surface area (Å²) < 4.78 is 12.0. The van der Waals surface area contributed by atoms with Crippen LogP contribution in [0.25, 0.3) is 0 Å². The van der Waals surface area contributed by atoms with Crippen molar-refractivity contribution in [2.45, 2.75) is 33.4 Å². The maximum absolute atomic E-state index is 13.0. The van der Waals surface area contributed by atoms with E-state index in [1.165, 1.54) is 12.7 Å². The van der Waals surface area contributed by atoms with Gasteiger partial charge in [0.25, 0.3) is 0 Å². The van der Waals surface area contributed by atoms with Gasteiger partial charge in [0, 0.05) is 56.2 Å². The van der Waals surface area contributed by atoms with Crippen molar-refractivity contribution in [3.05, 3.63) is 52.8 Å². The number of ether oxygens (including phenoxy) is 2. The molecule has 31 heavy (non-hydrogen) atoms. The maximum Gasteiger partial charge on any atom is 0.307 e. The van der Waals surface area contributed by atoms with Gasteiger partial charge in [0.1, 0.15) is 5.75 Å². The average molecular weight is 428 g/mol. The van der Waals surface area contributed by atoms with Crippen LogP contribution in [-0.4, -0.2) is 73.1 Å². The highest BCUT2D eigenvalue weighted by atomic mass is 16.5. The topological polar surface area (TPSA) is 64.0 Å². The minimum atomic E-state index is -0.243. The molecule has 1 aliphatic rings. The molecule has 2 heterocycles. The van der Waals surface area contributed by atoms with Gasteiger partial charge in [-0.15, -0.1) is 0 Å². The second kappa shape index (κ2) is 10.6. The van der Waals surface area contributed by atoms with E-state index in [4.69, 9.17) is 9.47 Å². The van der Waals surface area contributed by atoms with E-state index in [0.717, 1.165) is 55.4 Å². The predicted molar refractivity (Wildman–Crippen MR) is 120 cm³/mol. The normalized spacial score (nSPS) is 15.1. The van der Waals surface area contributed by atoms with E-state index in [1.54, 1.807) is 7.11 Å². The lowest BCUT2D eigenvalue weighted by Gasteiger charge is -2.34. The zero-order valence-corrected chi connectivity index (χ0v) is 19.0. The van der Waals surface area contributed by atoms with Crippen LogP contribution in [0.1, 0.15) is 33.7 Å². The zero-order valence-electron chi connectivity index (χ0n) is 19.0. The molecule has 1 aromatic heterocycles. The highest BCUT2D eigenvalue weighted by molar-refractivity contribution is 5.99. The molecule has 1 saturated heterocycles. The number of benzene rings is 1. The number of rotatable bonds is 9. The summed E-state index contributed by atoms with van der Waals surface area (Å²) in [6.07, 6.45) is 0.302. The summed E-state index contributed by atoms with van der Waals surface area (Å²) in [7, 11) is 3.07. The van der Waals surface area contributed by atoms with Gasteiger partial charge in [0.05, 0.1) is 27.2 Å². The Labute approximate surface area is 184 Å². The van der Waals surface area contributed by atoms with E-state index in [-0.39, 0.29) is 11.8 Å². The molecule has 7 nitrogen and oxygen atoms in total. The van der Waals surface area contributed by atoms with Gasteiger partial charge in [0.2, 0.25) is 0 Å². The summed E-state index contributed by atoms with van der Waals surface area (Å²) in [5.74, 6) is 0.769. The van der Waals surface area contributed by atoms with Crippen LogP contribution in [0.15, 0.2) is 30.3 Å². The largest absolute Gasteiger partial charge is 0.497 e. The molecule has 1 fully saturated rings. The van der Waals surface area contributed by atoms with Gasteiger partial charge in [-0.3, -0.25) is 19.4 Å². The van der Waals surface area contributed by atoms with Crippen molar-refractivity contribution in [2.24, 2.45) is 0 Å². The number of carbonyl (C=O) groups excluding carboxylic acids is 2. The molecular formula is C24H33N3O4. The Morgan fingerprint density at radius 3 is 2.23 bits per heavy atom. The summed E-state index contributed by atoms with van der Waals surface area (Å²) in [6, 6.07) is 10.1. The van der Waals surface area contributed by atoms with E-state index >= 15 is 0 Å². The fourth-order valence-electron chi connectivity index (χ4n) is 4.12. The number of hydrogen-bond acceptors (Lipinski definition) is 6. The van der Waals surface area contributed by atoms with Gasteiger partial charge in [-0.1, -0.05) is 12.1 Å². The first kappa shape index (κ1) is 23.0. The van der Waals surface area contributed by atoms with Gasteiger partial charge in [-0.25, -0.2) is 0 Å². The highest BCUT2D eigenvalue weighted by Crippen LogP contribution is 2.18. The number of methoxy groups -OCH3 is 2. The Balaban J connectivity index is 1.51. The molecule has 0 amide bonds. The summed E-state index contributed by atoms with van der Waals surface area (Å²) in [6.45, 7) is 9.43. The van der Waals surface area contributed by atoms with E-state index < -0.39 is 0 Å². The third kappa shape index (κ3) is 5.95. The fourth-order valence-corrected chi connectivity index (χ4v) is 4.12. The first-order valence-electron chi connectivity index (χ1n) is 10.8. The third-order valence-corrected chi connectivity index (χ3v) is 6.04. The van der Waals surface area contributed by atoms with Crippen LogP contribution in [-0.2, 0) is 22.6 Å². The molecule has 0 bridgehead atoms. The number of aromatic nitrogens is 1. The molecular weight excluding hydrogens is 394 g/mol. The standard InChI is InChI=1S/C24H33N3O4/c1-18-15-22(19(2)27(18)10-9-24(29)31-4)23(28)17-26-13-11-25(12-14-26)16-20-5-7-21(30-3)8-6-20/h5-8,15H,9-14,16-17H2,1-4H3. The minimum absolute atomic E-state index is 0.140. The SMILES string of the molecule is COC(=O)CCn1c(C)cc(C(=O)CN2CCN(Cc3ccc(OC)cc3)CC2)c1C. The first-order valence-corrected chi connectivity index (χ1v) is 10.8. The smallest absolute Gasteiger partial charge is 0.307 e. The van der Waals surface area contributed by atoms with Crippen molar-refractivity contribution >= 4 is 11.8 Å². The molecule has 0 radical (unpaired) electrons. The number of Topliss-reactive ketones (excluding diaryl/α,β-unsaturated/α-hetero) is 1. The lowest BCUT2D eigenvalue weighted by molar-refractivity contribution is -0.140. The number of hydrogen-bond donors (Lipinski definition) is 0. The average Bonchev–Trinajstić information content (AvgIpc) is 3.07. The number of esters is 1. The van der Waals surface area contributed by atoms with Gasteiger partial charge in [-0.2, -0.15) is 0 Å². The number of piperazine rings is 1. The van der Waals surface area contributed by atoms with Crippen LogP contribution in [0.5, 0.6) is 5.75 Å². The first-order chi connectivity index (χ1) is 14.9. The second-order valence-electron chi connectivity index (χ2n) is 8.09. The van der Waals surface area contributed by atoms with Crippen molar-refractivity contribution in [1.82, 2.24) is 14.4 Å². The number of carbonyl (C=O) groups is 2. The summed E-state index contributed by atoms with van der Waals surface area (Å²) in [5.41, 5.74) is 3.94. The lowest BCUT2D eigenvalue weighted by atomic mass is 10.1. The van der Waals surface area contributed by atoms with Crippen LogP contribution in [0, 0.1) is 13.8 Å². The summed E-state index contributed by atoms with van der Waals surface area (Å²) in [4.78, 5) is 29.1. The fraction of sp³-hybridized carbons (Fsp3) is 0.500. The van der Waals surface area contributed by atoms with Gasteiger partial charge >= 0.3 is 5.97 Å². The van der Waals surface area contributed by atoms with Gasteiger partial charge in [-0.05, 0) is 37.6 Å². The van der Waals surface area contributed by atoms with E-state index in [1.807, 2.05) is 36.6 Å². The molecule has 2 aromatic rings. The summed E-state index contributed by atoms with van der Waals surface area (Å²) >= 11 is 0. The van der Waals surface area contributed by atoms with Crippen LogP contribution in [0.2, 0.25) is 0 Å². The summed E-state index contributed by atoms with van der Waals surface area (Å²) in [5, 5.41) is 0. The molecule has 0 N–H and O–H groups in total. The Hall–Kier alpha value is -2.64. The molecule has 3 rings (SSSR count). The zero-order chi connectivity index (χ0) is 22.4. The van der Waals surface area contributed by atoms with Crippen molar-refractivity contribution in [3.63, 3.8) is 0 Å². The molecule has 0 saturated carbocycles. The van der Waals surface area contributed by atoms with E-state index in [2.05, 4.69) is 21.9 Å². The number of aryl methyl sites for hydroxylation is 1. The highest BCUT2D eigenvalue weighted by Gasteiger charge is 2.22. The lowest BCUT2D eigenvalue weighted by Crippen LogP contribution is -2.47. The number of nitrogens with zero attached hydrogens (tertiary/aromatic N) is 3. The van der Waals surface area contributed by atoms with Crippen LogP contribution < -0.4 is 4.74 Å². The third-order valence-electron chi connectivity index (χ3n) is 6.04. The Morgan fingerprint density at radius 1 is 0.968 bits per heavy atom. The van der Waals surface area contributed by atoms with E-state index in [0.29, 0.717) is 19.5 Å². The molecule has 168 valence electrons. The Kier molecular flexibility index (Phi) is 7.87. The molecule has 0 spiro atoms.